The number of carbonyl (C=O) groups excluding carboxylic acids is 2. The van der Waals surface area contributed by atoms with Crippen molar-refractivity contribution in [3.63, 3.8) is 0 Å². The van der Waals surface area contributed by atoms with Crippen LogP contribution in [-0.4, -0.2) is 72.8 Å². The smallest absolute Gasteiger partial charge is 0.238 e. The highest BCUT2D eigenvalue weighted by atomic mass is 16.2. The number of likely N-dealkylation sites (N-methyl/N-ethyl adjacent to an activating group) is 1. The lowest BCUT2D eigenvalue weighted by molar-refractivity contribution is -0.134. The average molecular weight is 423 g/mol. The summed E-state index contributed by atoms with van der Waals surface area (Å²) in [4.78, 5) is 31.1. The fourth-order valence-electron chi connectivity index (χ4n) is 4.00. The molecular weight excluding hydrogens is 388 g/mol. The van der Waals surface area contributed by atoms with Crippen molar-refractivity contribution >= 4 is 17.5 Å². The van der Waals surface area contributed by atoms with Gasteiger partial charge in [-0.1, -0.05) is 47.5 Å². The van der Waals surface area contributed by atoms with E-state index in [4.69, 9.17) is 0 Å². The number of rotatable bonds is 7. The second-order valence-corrected chi connectivity index (χ2v) is 8.68. The highest BCUT2D eigenvalue weighted by molar-refractivity contribution is 5.93. The summed E-state index contributed by atoms with van der Waals surface area (Å²) in [5, 5.41) is 2.94. The Morgan fingerprint density at radius 1 is 0.935 bits per heavy atom. The van der Waals surface area contributed by atoms with Crippen LogP contribution in [0.4, 0.5) is 5.69 Å². The molecule has 31 heavy (non-hydrogen) atoms. The standard InChI is InChI=1S/C25H34N4O2/c1-19-6-5-7-22(15-19)16-28-10-12-29(13-11-28)25(31)18-27(4)17-24(30)26-23-9-8-20(2)14-21(23)3/h5-9,14-15H,10-13,16-18H2,1-4H3,(H,26,30). The lowest BCUT2D eigenvalue weighted by Crippen LogP contribution is -2.51. The van der Waals surface area contributed by atoms with Crippen molar-refractivity contribution in [2.24, 2.45) is 0 Å². The molecule has 0 radical (unpaired) electrons. The fourth-order valence-corrected chi connectivity index (χ4v) is 4.00. The second-order valence-electron chi connectivity index (χ2n) is 8.68. The van der Waals surface area contributed by atoms with Crippen LogP contribution in [0, 0.1) is 20.8 Å². The molecule has 2 aromatic rings. The van der Waals surface area contributed by atoms with Gasteiger partial charge in [-0.2, -0.15) is 0 Å². The molecule has 6 nitrogen and oxygen atoms in total. The van der Waals surface area contributed by atoms with Crippen LogP contribution in [0.1, 0.15) is 22.3 Å². The van der Waals surface area contributed by atoms with Crippen molar-refractivity contribution in [1.82, 2.24) is 14.7 Å². The second kappa shape index (κ2) is 10.6. The highest BCUT2D eigenvalue weighted by Crippen LogP contribution is 2.16. The molecule has 2 amide bonds. The van der Waals surface area contributed by atoms with Gasteiger partial charge in [0.2, 0.25) is 11.8 Å². The summed E-state index contributed by atoms with van der Waals surface area (Å²) in [5.41, 5.74) is 5.61. The maximum absolute atomic E-state index is 12.7. The maximum Gasteiger partial charge on any atom is 0.238 e. The number of nitrogens with zero attached hydrogens (tertiary/aromatic N) is 3. The lowest BCUT2D eigenvalue weighted by atomic mass is 10.1. The Labute approximate surface area is 185 Å². The molecule has 0 atom stereocenters. The number of amides is 2. The van der Waals surface area contributed by atoms with Gasteiger partial charge in [-0.05, 0) is 45.0 Å². The molecule has 166 valence electrons. The molecule has 0 aromatic heterocycles. The van der Waals surface area contributed by atoms with E-state index in [0.717, 1.165) is 49.5 Å². The zero-order valence-electron chi connectivity index (χ0n) is 19.1. The van der Waals surface area contributed by atoms with Gasteiger partial charge in [0, 0.05) is 38.4 Å². The Balaban J connectivity index is 1.41. The minimum Gasteiger partial charge on any atom is -0.339 e. The predicted molar refractivity (Wildman–Crippen MR) is 125 cm³/mol. The molecule has 0 aliphatic carbocycles. The first-order valence-corrected chi connectivity index (χ1v) is 10.9. The molecule has 0 spiro atoms. The van der Waals surface area contributed by atoms with E-state index in [-0.39, 0.29) is 24.9 Å². The molecule has 1 heterocycles. The van der Waals surface area contributed by atoms with Gasteiger partial charge in [-0.25, -0.2) is 0 Å². The minimum atomic E-state index is -0.106. The molecule has 1 fully saturated rings. The molecule has 2 aromatic carbocycles. The van der Waals surface area contributed by atoms with Crippen LogP contribution in [-0.2, 0) is 16.1 Å². The van der Waals surface area contributed by atoms with E-state index in [9.17, 15) is 9.59 Å². The zero-order valence-corrected chi connectivity index (χ0v) is 19.1. The third kappa shape index (κ3) is 6.91. The number of carbonyl (C=O) groups is 2. The molecular formula is C25H34N4O2. The van der Waals surface area contributed by atoms with Crippen molar-refractivity contribution in [3.8, 4) is 0 Å². The van der Waals surface area contributed by atoms with Crippen molar-refractivity contribution in [2.45, 2.75) is 27.3 Å². The number of hydrogen-bond acceptors (Lipinski definition) is 4. The number of piperazine rings is 1. The summed E-state index contributed by atoms with van der Waals surface area (Å²) < 4.78 is 0. The van der Waals surface area contributed by atoms with E-state index in [1.54, 1.807) is 4.90 Å². The Kier molecular flexibility index (Phi) is 7.82. The van der Waals surface area contributed by atoms with Gasteiger partial charge in [0.1, 0.15) is 0 Å². The molecule has 1 N–H and O–H groups in total. The van der Waals surface area contributed by atoms with Gasteiger partial charge in [-0.15, -0.1) is 0 Å². The van der Waals surface area contributed by atoms with E-state index in [1.807, 2.05) is 44.0 Å². The Bertz CT molecular complexity index is 919. The fraction of sp³-hybridized carbons (Fsp3) is 0.440. The van der Waals surface area contributed by atoms with E-state index in [0.29, 0.717) is 0 Å². The van der Waals surface area contributed by atoms with Gasteiger partial charge in [0.25, 0.3) is 0 Å². The van der Waals surface area contributed by atoms with Gasteiger partial charge < -0.3 is 10.2 Å². The van der Waals surface area contributed by atoms with Crippen LogP contribution in [0.25, 0.3) is 0 Å². The lowest BCUT2D eigenvalue weighted by Gasteiger charge is -2.35. The normalized spacial score (nSPS) is 14.7. The third-order valence-corrected chi connectivity index (χ3v) is 5.69. The summed E-state index contributed by atoms with van der Waals surface area (Å²) in [6.07, 6.45) is 0. The summed E-state index contributed by atoms with van der Waals surface area (Å²) in [7, 11) is 1.81. The van der Waals surface area contributed by atoms with Crippen LogP contribution >= 0.6 is 0 Å². The Morgan fingerprint density at radius 2 is 1.65 bits per heavy atom. The maximum atomic E-state index is 12.7. The molecule has 1 aliphatic heterocycles. The molecule has 1 saturated heterocycles. The number of hydrogen-bond donors (Lipinski definition) is 1. The van der Waals surface area contributed by atoms with Gasteiger partial charge >= 0.3 is 0 Å². The molecule has 0 saturated carbocycles. The summed E-state index contributed by atoms with van der Waals surface area (Å²) in [5.74, 6) is -0.0257. The van der Waals surface area contributed by atoms with Crippen LogP contribution in [0.2, 0.25) is 0 Å². The van der Waals surface area contributed by atoms with Crippen LogP contribution in [0.15, 0.2) is 42.5 Å². The molecule has 1 aliphatic rings. The van der Waals surface area contributed by atoms with Crippen LogP contribution in [0.3, 0.4) is 0 Å². The quantitative estimate of drug-likeness (QED) is 0.746. The minimum absolute atomic E-state index is 0.0806. The third-order valence-electron chi connectivity index (χ3n) is 5.69. The summed E-state index contributed by atoms with van der Waals surface area (Å²) >= 11 is 0. The van der Waals surface area contributed by atoms with Crippen molar-refractivity contribution in [3.05, 3.63) is 64.7 Å². The largest absolute Gasteiger partial charge is 0.339 e. The topological polar surface area (TPSA) is 55.9 Å². The number of aryl methyl sites for hydroxylation is 3. The van der Waals surface area contributed by atoms with Gasteiger partial charge in [0.15, 0.2) is 0 Å². The van der Waals surface area contributed by atoms with Crippen molar-refractivity contribution in [1.29, 1.82) is 0 Å². The van der Waals surface area contributed by atoms with Crippen molar-refractivity contribution < 1.29 is 9.59 Å². The Morgan fingerprint density at radius 3 is 2.32 bits per heavy atom. The Hall–Kier alpha value is -2.70. The van der Waals surface area contributed by atoms with E-state index in [2.05, 4.69) is 41.4 Å². The molecule has 3 rings (SSSR count). The first-order chi connectivity index (χ1) is 14.8. The van der Waals surface area contributed by atoms with E-state index in [1.165, 1.54) is 11.1 Å². The van der Waals surface area contributed by atoms with Gasteiger partial charge in [-0.3, -0.25) is 19.4 Å². The zero-order chi connectivity index (χ0) is 22.4. The summed E-state index contributed by atoms with van der Waals surface area (Å²) in [6.45, 7) is 10.7. The first-order valence-electron chi connectivity index (χ1n) is 10.9. The molecule has 0 unspecified atom stereocenters. The molecule has 6 heteroatoms. The predicted octanol–water partition coefficient (Wildman–Crippen LogP) is 2.83. The molecule has 0 bridgehead atoms. The number of nitrogens with one attached hydrogen (secondary N) is 1. The average Bonchev–Trinajstić information content (AvgIpc) is 2.70. The van der Waals surface area contributed by atoms with Crippen molar-refractivity contribution in [2.75, 3.05) is 51.6 Å². The number of anilines is 1. The first kappa shape index (κ1) is 23.0. The summed E-state index contributed by atoms with van der Waals surface area (Å²) in [6, 6.07) is 14.5. The monoisotopic (exact) mass is 422 g/mol. The van der Waals surface area contributed by atoms with Gasteiger partial charge in [0.05, 0.1) is 13.1 Å². The van der Waals surface area contributed by atoms with Crippen LogP contribution in [0.5, 0.6) is 0 Å². The number of benzene rings is 2. The SMILES string of the molecule is Cc1cccc(CN2CCN(C(=O)CN(C)CC(=O)Nc3ccc(C)cc3C)CC2)c1. The van der Waals surface area contributed by atoms with E-state index < -0.39 is 0 Å². The highest BCUT2D eigenvalue weighted by Gasteiger charge is 2.22. The van der Waals surface area contributed by atoms with E-state index >= 15 is 0 Å². The van der Waals surface area contributed by atoms with Crippen LogP contribution < -0.4 is 5.32 Å².